The minimum Gasteiger partial charge on any atom is -0.453 e. The minimum absolute atomic E-state index is 0.0403. The Hall–Kier alpha value is -1.64. The molecule has 2 aromatic rings. The number of hydrogen-bond donors (Lipinski definition) is 0. The van der Waals surface area contributed by atoms with Crippen molar-refractivity contribution in [2.24, 2.45) is 5.92 Å². The van der Waals surface area contributed by atoms with Gasteiger partial charge in [-0.15, -0.1) is 0 Å². The molecule has 1 aromatic carbocycles. The maximum Gasteiger partial charge on any atom is 0.198 e. The lowest BCUT2D eigenvalue weighted by Gasteiger charge is -2.04. The molecule has 94 valence electrons. The fourth-order valence-electron chi connectivity index (χ4n) is 2.73. The number of Topliss-reactive ketones (excluding diaryl/α,β-unsaturated/α-hetero) is 1. The predicted molar refractivity (Wildman–Crippen MR) is 67.1 cm³/mol. The van der Waals surface area contributed by atoms with Crippen LogP contribution in [0.25, 0.3) is 11.0 Å². The Morgan fingerprint density at radius 2 is 2.06 bits per heavy atom. The van der Waals surface area contributed by atoms with E-state index in [0.29, 0.717) is 29.1 Å². The zero-order valence-corrected chi connectivity index (χ0v) is 10.1. The van der Waals surface area contributed by atoms with Crippen LogP contribution in [0.15, 0.2) is 28.7 Å². The van der Waals surface area contributed by atoms with Crippen molar-refractivity contribution in [1.82, 2.24) is 0 Å². The van der Waals surface area contributed by atoms with Gasteiger partial charge >= 0.3 is 0 Å². The number of rotatable bonds is 3. The fourth-order valence-corrected chi connectivity index (χ4v) is 2.73. The van der Waals surface area contributed by atoms with E-state index in [1.165, 1.54) is 25.0 Å². The molecule has 0 amide bonds. The molecule has 0 saturated heterocycles. The van der Waals surface area contributed by atoms with E-state index >= 15 is 0 Å². The van der Waals surface area contributed by atoms with Gasteiger partial charge in [0.05, 0.1) is 0 Å². The number of hydrogen-bond acceptors (Lipinski definition) is 2. The van der Waals surface area contributed by atoms with E-state index in [0.717, 1.165) is 12.8 Å². The average Bonchev–Trinajstić information content (AvgIpc) is 2.96. The van der Waals surface area contributed by atoms with Gasteiger partial charge in [0, 0.05) is 11.8 Å². The molecule has 0 aliphatic heterocycles. The smallest absolute Gasteiger partial charge is 0.198 e. The third-order valence-electron chi connectivity index (χ3n) is 3.70. The molecule has 0 bridgehead atoms. The van der Waals surface area contributed by atoms with E-state index < -0.39 is 0 Å². The number of carbonyl (C=O) groups excluding carboxylic acids is 1. The highest BCUT2D eigenvalue weighted by molar-refractivity contribution is 5.97. The fraction of sp³-hybridized carbons (Fsp3) is 0.400. The van der Waals surface area contributed by atoms with E-state index in [9.17, 15) is 9.18 Å². The van der Waals surface area contributed by atoms with Crippen molar-refractivity contribution < 1.29 is 13.6 Å². The van der Waals surface area contributed by atoms with Crippen molar-refractivity contribution in [2.45, 2.75) is 32.1 Å². The zero-order chi connectivity index (χ0) is 12.5. The van der Waals surface area contributed by atoms with Gasteiger partial charge in [-0.2, -0.15) is 0 Å². The molecule has 18 heavy (non-hydrogen) atoms. The second kappa shape index (κ2) is 4.56. The van der Waals surface area contributed by atoms with E-state index in [1.54, 1.807) is 12.1 Å². The van der Waals surface area contributed by atoms with Gasteiger partial charge in [0.1, 0.15) is 11.4 Å². The first-order valence-corrected chi connectivity index (χ1v) is 6.45. The number of benzene rings is 1. The predicted octanol–water partition coefficient (Wildman–Crippen LogP) is 4.33. The van der Waals surface area contributed by atoms with Crippen LogP contribution in [-0.4, -0.2) is 5.78 Å². The summed E-state index contributed by atoms with van der Waals surface area (Å²) in [7, 11) is 0. The third kappa shape index (κ3) is 2.17. The van der Waals surface area contributed by atoms with Crippen LogP contribution in [0, 0.1) is 11.7 Å². The molecule has 1 fully saturated rings. The van der Waals surface area contributed by atoms with Crippen molar-refractivity contribution in [3.63, 3.8) is 0 Å². The second-order valence-corrected chi connectivity index (χ2v) is 5.07. The van der Waals surface area contributed by atoms with Crippen LogP contribution in [-0.2, 0) is 0 Å². The van der Waals surface area contributed by atoms with Crippen molar-refractivity contribution >= 4 is 16.8 Å². The molecular weight excluding hydrogens is 231 g/mol. The number of halogens is 1. The second-order valence-electron chi connectivity index (χ2n) is 5.07. The quantitative estimate of drug-likeness (QED) is 0.754. The summed E-state index contributed by atoms with van der Waals surface area (Å²) in [4.78, 5) is 12.1. The maximum atomic E-state index is 13.0. The van der Waals surface area contributed by atoms with Gasteiger partial charge in [-0.3, -0.25) is 4.79 Å². The highest BCUT2D eigenvalue weighted by Gasteiger charge is 2.21. The van der Waals surface area contributed by atoms with Crippen LogP contribution in [0.2, 0.25) is 0 Å². The molecule has 0 atom stereocenters. The Labute approximate surface area is 105 Å². The number of fused-ring (bicyclic) bond motifs is 1. The van der Waals surface area contributed by atoms with Crippen molar-refractivity contribution in [3.05, 3.63) is 35.8 Å². The SMILES string of the molecule is O=C(CC1CCCC1)c1cc2cc(F)ccc2o1. The highest BCUT2D eigenvalue weighted by atomic mass is 19.1. The lowest BCUT2D eigenvalue weighted by molar-refractivity contribution is 0.0937. The molecule has 1 aromatic heterocycles. The minimum atomic E-state index is -0.307. The van der Waals surface area contributed by atoms with E-state index in [-0.39, 0.29) is 11.6 Å². The Morgan fingerprint density at radius 1 is 1.28 bits per heavy atom. The van der Waals surface area contributed by atoms with Crippen LogP contribution in [0.5, 0.6) is 0 Å². The first kappa shape index (κ1) is 11.5. The van der Waals surface area contributed by atoms with Crippen molar-refractivity contribution in [1.29, 1.82) is 0 Å². The van der Waals surface area contributed by atoms with Crippen LogP contribution in [0.1, 0.15) is 42.7 Å². The van der Waals surface area contributed by atoms with Gasteiger partial charge < -0.3 is 4.42 Å². The number of carbonyl (C=O) groups is 1. The van der Waals surface area contributed by atoms with Crippen molar-refractivity contribution in [3.8, 4) is 0 Å². The summed E-state index contributed by atoms with van der Waals surface area (Å²) in [6.45, 7) is 0. The van der Waals surface area contributed by atoms with Gasteiger partial charge in [0.2, 0.25) is 0 Å². The summed E-state index contributed by atoms with van der Waals surface area (Å²) in [6, 6.07) is 5.95. The van der Waals surface area contributed by atoms with Crippen molar-refractivity contribution in [2.75, 3.05) is 0 Å². The van der Waals surface area contributed by atoms with Gasteiger partial charge in [0.15, 0.2) is 11.5 Å². The molecule has 0 unspecified atom stereocenters. The number of furan rings is 1. The molecule has 0 N–H and O–H groups in total. The summed E-state index contributed by atoms with van der Waals surface area (Å²) in [5, 5.41) is 0.657. The maximum absolute atomic E-state index is 13.0. The summed E-state index contributed by atoms with van der Waals surface area (Å²) in [6.07, 6.45) is 5.29. The standard InChI is InChI=1S/C15H15FO2/c16-12-5-6-14-11(8-12)9-15(18-14)13(17)7-10-3-1-2-4-10/h5-6,8-10H,1-4,7H2. The van der Waals surface area contributed by atoms with Gasteiger partial charge in [-0.05, 0) is 30.2 Å². The summed E-state index contributed by atoms with van der Waals surface area (Å²) in [5.41, 5.74) is 0.575. The monoisotopic (exact) mass is 246 g/mol. The first-order chi connectivity index (χ1) is 8.72. The molecule has 0 spiro atoms. The van der Waals surface area contributed by atoms with E-state index in [2.05, 4.69) is 0 Å². The van der Waals surface area contributed by atoms with Crippen LogP contribution in [0.3, 0.4) is 0 Å². The Bertz CT molecular complexity index is 579. The molecular formula is C15H15FO2. The first-order valence-electron chi connectivity index (χ1n) is 6.45. The Morgan fingerprint density at radius 3 is 2.83 bits per heavy atom. The molecule has 0 radical (unpaired) electrons. The van der Waals surface area contributed by atoms with Crippen LogP contribution < -0.4 is 0 Å². The summed E-state index contributed by atoms with van der Waals surface area (Å²) < 4.78 is 18.5. The van der Waals surface area contributed by atoms with Crippen LogP contribution in [0.4, 0.5) is 4.39 Å². The third-order valence-corrected chi connectivity index (χ3v) is 3.70. The largest absolute Gasteiger partial charge is 0.453 e. The average molecular weight is 246 g/mol. The van der Waals surface area contributed by atoms with Crippen LogP contribution >= 0.6 is 0 Å². The topological polar surface area (TPSA) is 30.2 Å². The molecule has 1 aliphatic carbocycles. The lowest BCUT2D eigenvalue weighted by Crippen LogP contribution is -2.04. The van der Waals surface area contributed by atoms with Gasteiger partial charge in [-0.1, -0.05) is 25.7 Å². The molecule has 1 heterocycles. The molecule has 1 saturated carbocycles. The summed E-state index contributed by atoms with van der Waals surface area (Å²) >= 11 is 0. The lowest BCUT2D eigenvalue weighted by atomic mass is 10.00. The Kier molecular flexibility index (Phi) is 2.90. The molecule has 3 heteroatoms. The molecule has 1 aliphatic rings. The Balaban J connectivity index is 1.82. The van der Waals surface area contributed by atoms with E-state index in [1.807, 2.05) is 0 Å². The molecule has 3 rings (SSSR count). The van der Waals surface area contributed by atoms with Gasteiger partial charge in [0.25, 0.3) is 0 Å². The zero-order valence-electron chi connectivity index (χ0n) is 10.1. The highest BCUT2D eigenvalue weighted by Crippen LogP contribution is 2.30. The normalized spacial score (nSPS) is 16.5. The summed E-state index contributed by atoms with van der Waals surface area (Å²) in [5.74, 6) is 0.599. The van der Waals surface area contributed by atoms with Gasteiger partial charge in [-0.25, -0.2) is 4.39 Å². The molecule has 2 nitrogen and oxygen atoms in total. The van der Waals surface area contributed by atoms with E-state index in [4.69, 9.17) is 4.42 Å². The number of ketones is 1.